The zero-order valence-corrected chi connectivity index (χ0v) is 8.63. The van der Waals surface area contributed by atoms with Crippen molar-refractivity contribution in [3.8, 4) is 0 Å². The van der Waals surface area contributed by atoms with E-state index in [2.05, 4.69) is 58.4 Å². The molecule has 0 N–H and O–H groups in total. The van der Waals surface area contributed by atoms with Crippen molar-refractivity contribution in [3.63, 3.8) is 0 Å². The minimum atomic E-state index is 0.960. The highest BCUT2D eigenvalue weighted by Gasteiger charge is 1.86. The van der Waals surface area contributed by atoms with Crippen molar-refractivity contribution >= 4 is 15.9 Å². The van der Waals surface area contributed by atoms with Crippen LogP contribution in [0, 0.1) is 0 Å². The molecule has 12 heavy (non-hydrogen) atoms. The number of hydrogen-bond acceptors (Lipinski definition) is 0. The second-order valence-corrected chi connectivity index (χ2v) is 3.30. The smallest absolute Gasteiger partial charge is 0.0212 e. The normalized spacial score (nSPS) is 10.8. The molecule has 0 spiro atoms. The molecule has 1 aromatic carbocycles. The Bertz CT molecular complexity index is 226. The van der Waals surface area contributed by atoms with E-state index in [9.17, 15) is 0 Å². The van der Waals surface area contributed by atoms with Crippen LogP contribution < -0.4 is 0 Å². The van der Waals surface area contributed by atoms with Gasteiger partial charge in [0.1, 0.15) is 0 Å². The van der Waals surface area contributed by atoms with Crippen LogP contribution in [0.1, 0.15) is 12.0 Å². The molecule has 0 aromatic heterocycles. The Morgan fingerprint density at radius 3 is 2.50 bits per heavy atom. The molecule has 64 valence electrons. The van der Waals surface area contributed by atoms with Crippen molar-refractivity contribution < 1.29 is 0 Å². The van der Waals surface area contributed by atoms with Crippen molar-refractivity contribution in [1.82, 2.24) is 0 Å². The molecule has 0 radical (unpaired) electrons. The highest BCUT2D eigenvalue weighted by atomic mass is 79.9. The average Bonchev–Trinajstić information content (AvgIpc) is 2.14. The molecule has 1 rings (SSSR count). The number of hydrogen-bond donors (Lipinski definition) is 0. The van der Waals surface area contributed by atoms with Gasteiger partial charge in [-0.15, -0.1) is 0 Å². The quantitative estimate of drug-likeness (QED) is 0.542. The molecule has 0 saturated heterocycles. The van der Waals surface area contributed by atoms with Crippen LogP contribution in [0.2, 0.25) is 0 Å². The first kappa shape index (κ1) is 9.53. The number of rotatable bonds is 4. The van der Waals surface area contributed by atoms with Crippen LogP contribution in [0.4, 0.5) is 0 Å². The van der Waals surface area contributed by atoms with Gasteiger partial charge in [-0.2, -0.15) is 0 Å². The number of aryl methyl sites for hydroxylation is 1. The number of alkyl halides is 1. The lowest BCUT2D eigenvalue weighted by molar-refractivity contribution is 1.00. The third kappa shape index (κ3) is 3.72. The molecular formula is C11H13Br. The summed E-state index contributed by atoms with van der Waals surface area (Å²) in [6.07, 6.45) is 6.63. The van der Waals surface area contributed by atoms with Crippen LogP contribution in [-0.2, 0) is 6.42 Å². The fraction of sp³-hybridized carbons (Fsp3) is 0.273. The van der Waals surface area contributed by atoms with Gasteiger partial charge in [0.15, 0.2) is 0 Å². The minimum Gasteiger partial charge on any atom is -0.0883 e. The third-order valence-electron chi connectivity index (χ3n) is 1.70. The maximum absolute atomic E-state index is 3.35. The van der Waals surface area contributed by atoms with Gasteiger partial charge < -0.3 is 0 Å². The summed E-state index contributed by atoms with van der Waals surface area (Å²) in [6.45, 7) is 0. The lowest BCUT2D eigenvalue weighted by Crippen LogP contribution is -1.80. The van der Waals surface area contributed by atoms with Crippen LogP contribution >= 0.6 is 15.9 Å². The highest BCUT2D eigenvalue weighted by Crippen LogP contribution is 2.02. The molecular weight excluding hydrogens is 212 g/mol. The van der Waals surface area contributed by atoms with Crippen molar-refractivity contribution in [3.05, 3.63) is 48.0 Å². The summed E-state index contributed by atoms with van der Waals surface area (Å²) in [7, 11) is 0. The maximum atomic E-state index is 3.35. The van der Waals surface area contributed by atoms with Crippen molar-refractivity contribution in [2.24, 2.45) is 0 Å². The van der Waals surface area contributed by atoms with Crippen LogP contribution in [-0.4, -0.2) is 5.33 Å². The van der Waals surface area contributed by atoms with E-state index in [1.54, 1.807) is 0 Å². The molecule has 0 atom stereocenters. The summed E-state index contributed by atoms with van der Waals surface area (Å²) >= 11 is 3.35. The molecule has 0 heterocycles. The molecule has 0 aliphatic heterocycles. The zero-order valence-electron chi connectivity index (χ0n) is 7.04. The summed E-state index contributed by atoms with van der Waals surface area (Å²) in [5, 5.41) is 0.960. The van der Waals surface area contributed by atoms with Gasteiger partial charge in [-0.3, -0.25) is 0 Å². The molecule has 0 nitrogen and oxygen atoms in total. The van der Waals surface area contributed by atoms with E-state index < -0.39 is 0 Å². The van der Waals surface area contributed by atoms with Gasteiger partial charge in [0.2, 0.25) is 0 Å². The largest absolute Gasteiger partial charge is 0.0883 e. The standard InChI is InChI=1S/C11H13Br/c12-10-6-2-5-9-11-7-3-1-4-8-11/h1-4,6-8H,5,9-10H2. The van der Waals surface area contributed by atoms with Gasteiger partial charge in [0.25, 0.3) is 0 Å². The first-order valence-electron chi connectivity index (χ1n) is 4.18. The van der Waals surface area contributed by atoms with Gasteiger partial charge in [0.05, 0.1) is 0 Å². The third-order valence-corrected chi connectivity index (χ3v) is 2.07. The Kier molecular flexibility index (Phi) is 4.77. The Hall–Kier alpha value is -0.560. The fourth-order valence-electron chi connectivity index (χ4n) is 1.08. The van der Waals surface area contributed by atoms with E-state index in [1.807, 2.05) is 0 Å². The van der Waals surface area contributed by atoms with Gasteiger partial charge in [-0.1, -0.05) is 58.4 Å². The Balaban J connectivity index is 2.29. The van der Waals surface area contributed by atoms with Crippen LogP contribution in [0.5, 0.6) is 0 Å². The predicted octanol–water partition coefficient (Wildman–Crippen LogP) is 3.57. The first-order valence-corrected chi connectivity index (χ1v) is 5.30. The van der Waals surface area contributed by atoms with E-state index in [0.717, 1.165) is 18.2 Å². The second kappa shape index (κ2) is 6.01. The molecule has 0 saturated carbocycles. The number of halogens is 1. The van der Waals surface area contributed by atoms with Crippen molar-refractivity contribution in [2.75, 3.05) is 5.33 Å². The Labute approximate surface area is 82.4 Å². The summed E-state index contributed by atoms with van der Waals surface area (Å²) < 4.78 is 0. The van der Waals surface area contributed by atoms with Crippen LogP contribution in [0.3, 0.4) is 0 Å². The van der Waals surface area contributed by atoms with Gasteiger partial charge in [-0.25, -0.2) is 0 Å². The van der Waals surface area contributed by atoms with E-state index in [-0.39, 0.29) is 0 Å². The molecule has 0 amide bonds. The molecule has 0 aliphatic carbocycles. The van der Waals surface area contributed by atoms with E-state index in [4.69, 9.17) is 0 Å². The number of benzene rings is 1. The monoisotopic (exact) mass is 224 g/mol. The zero-order chi connectivity index (χ0) is 8.65. The molecule has 0 bridgehead atoms. The van der Waals surface area contributed by atoms with Crippen LogP contribution in [0.15, 0.2) is 42.5 Å². The first-order chi connectivity index (χ1) is 5.93. The van der Waals surface area contributed by atoms with E-state index in [0.29, 0.717) is 0 Å². The van der Waals surface area contributed by atoms with Gasteiger partial charge in [0, 0.05) is 5.33 Å². The lowest BCUT2D eigenvalue weighted by atomic mass is 10.1. The summed E-state index contributed by atoms with van der Waals surface area (Å²) in [4.78, 5) is 0. The average molecular weight is 225 g/mol. The van der Waals surface area contributed by atoms with E-state index in [1.165, 1.54) is 5.56 Å². The summed E-state index contributed by atoms with van der Waals surface area (Å²) in [5.74, 6) is 0. The summed E-state index contributed by atoms with van der Waals surface area (Å²) in [5.41, 5.74) is 1.41. The van der Waals surface area contributed by atoms with Crippen molar-refractivity contribution in [1.29, 1.82) is 0 Å². The van der Waals surface area contributed by atoms with Crippen molar-refractivity contribution in [2.45, 2.75) is 12.8 Å². The minimum absolute atomic E-state index is 0.960. The highest BCUT2D eigenvalue weighted by molar-refractivity contribution is 9.09. The molecule has 0 fully saturated rings. The fourth-order valence-corrected chi connectivity index (χ4v) is 1.34. The lowest BCUT2D eigenvalue weighted by Gasteiger charge is -1.95. The molecule has 0 aliphatic rings. The summed E-state index contributed by atoms with van der Waals surface area (Å²) in [6, 6.07) is 10.6. The predicted molar refractivity (Wildman–Crippen MR) is 57.7 cm³/mol. The number of allylic oxidation sites excluding steroid dienone is 2. The SMILES string of the molecule is BrCC=CCCc1ccccc1. The van der Waals surface area contributed by atoms with Crippen LogP contribution in [0.25, 0.3) is 0 Å². The Morgan fingerprint density at radius 1 is 1.08 bits per heavy atom. The van der Waals surface area contributed by atoms with Gasteiger partial charge >= 0.3 is 0 Å². The van der Waals surface area contributed by atoms with E-state index >= 15 is 0 Å². The molecule has 0 unspecified atom stereocenters. The molecule has 1 aromatic rings. The van der Waals surface area contributed by atoms with Gasteiger partial charge in [-0.05, 0) is 18.4 Å². The second-order valence-electron chi connectivity index (χ2n) is 2.65. The maximum Gasteiger partial charge on any atom is 0.0212 e. The topological polar surface area (TPSA) is 0 Å². The Morgan fingerprint density at radius 2 is 1.83 bits per heavy atom. The molecule has 1 heteroatoms.